The zero-order valence-corrected chi connectivity index (χ0v) is 13.5. The van der Waals surface area contributed by atoms with Gasteiger partial charge in [-0.25, -0.2) is 4.98 Å². The van der Waals surface area contributed by atoms with Crippen molar-refractivity contribution in [3.63, 3.8) is 0 Å². The van der Waals surface area contributed by atoms with Crippen LogP contribution in [0.3, 0.4) is 0 Å². The summed E-state index contributed by atoms with van der Waals surface area (Å²) in [6, 6.07) is 0.454. The van der Waals surface area contributed by atoms with Crippen molar-refractivity contribution in [1.82, 2.24) is 15.3 Å². The van der Waals surface area contributed by atoms with Crippen LogP contribution in [0.2, 0.25) is 0 Å². The van der Waals surface area contributed by atoms with Gasteiger partial charge in [-0.1, -0.05) is 32.6 Å². The number of aryl methyl sites for hydroxylation is 2. The molecule has 0 aliphatic heterocycles. The number of hydrogen-bond acceptors (Lipinski definition) is 3. The Morgan fingerprint density at radius 2 is 1.90 bits per heavy atom. The van der Waals surface area contributed by atoms with E-state index >= 15 is 0 Å². The van der Waals surface area contributed by atoms with Crippen LogP contribution in [0, 0.1) is 13.8 Å². The van der Waals surface area contributed by atoms with Crippen molar-refractivity contribution in [2.24, 2.45) is 0 Å². The fourth-order valence-corrected chi connectivity index (χ4v) is 2.72. The first kappa shape index (κ1) is 16.9. The highest BCUT2D eigenvalue weighted by Crippen LogP contribution is 2.14. The molecule has 1 rings (SSSR count). The lowest BCUT2D eigenvalue weighted by Crippen LogP contribution is -2.33. The van der Waals surface area contributed by atoms with Crippen LogP contribution in [-0.4, -0.2) is 16.0 Å². The Morgan fingerprint density at radius 1 is 1.20 bits per heavy atom. The number of nitrogens with one attached hydrogen (secondary N) is 2. The Morgan fingerprint density at radius 3 is 2.50 bits per heavy atom. The Hall–Kier alpha value is -1.16. The van der Waals surface area contributed by atoms with E-state index in [1.54, 1.807) is 0 Å². The fourth-order valence-electron chi connectivity index (χ4n) is 2.72. The quantitative estimate of drug-likeness (QED) is 0.717. The highest BCUT2D eigenvalue weighted by atomic mass is 16.1. The van der Waals surface area contributed by atoms with Gasteiger partial charge < -0.3 is 10.3 Å². The number of aromatic nitrogens is 2. The predicted octanol–water partition coefficient (Wildman–Crippen LogP) is 3.40. The van der Waals surface area contributed by atoms with Gasteiger partial charge >= 0.3 is 0 Å². The molecule has 0 saturated carbocycles. The summed E-state index contributed by atoms with van der Waals surface area (Å²) in [6.45, 7) is 10.2. The largest absolute Gasteiger partial charge is 0.310 e. The van der Waals surface area contributed by atoms with Gasteiger partial charge in [-0.2, -0.15) is 0 Å². The normalized spacial score (nSPS) is 14.2. The molecule has 1 aromatic rings. The van der Waals surface area contributed by atoms with Crippen LogP contribution in [-0.2, 0) is 0 Å². The predicted molar refractivity (Wildman–Crippen MR) is 84.1 cm³/mol. The van der Waals surface area contributed by atoms with Gasteiger partial charge in [0.05, 0.1) is 5.56 Å². The molecule has 1 aromatic heterocycles. The van der Waals surface area contributed by atoms with Gasteiger partial charge in [0.2, 0.25) is 0 Å². The van der Waals surface area contributed by atoms with E-state index in [1.807, 2.05) is 20.8 Å². The first-order valence-corrected chi connectivity index (χ1v) is 7.79. The van der Waals surface area contributed by atoms with Gasteiger partial charge in [0.15, 0.2) is 0 Å². The second-order valence-corrected chi connectivity index (χ2v) is 5.79. The summed E-state index contributed by atoms with van der Waals surface area (Å²) in [5.41, 5.74) is 1.56. The minimum Gasteiger partial charge on any atom is -0.310 e. The number of nitrogens with zero attached hydrogens (tertiary/aromatic N) is 1. The van der Waals surface area contributed by atoms with Crippen LogP contribution >= 0.6 is 0 Å². The van der Waals surface area contributed by atoms with E-state index in [1.165, 1.54) is 25.7 Å². The van der Waals surface area contributed by atoms with Crippen LogP contribution in [0.15, 0.2) is 4.79 Å². The molecule has 0 saturated heterocycles. The molecule has 2 atom stereocenters. The third kappa shape index (κ3) is 5.08. The average Bonchev–Trinajstić information content (AvgIpc) is 2.33. The highest BCUT2D eigenvalue weighted by Gasteiger charge is 2.16. The summed E-state index contributed by atoms with van der Waals surface area (Å²) in [5, 5.41) is 3.51. The first-order chi connectivity index (χ1) is 9.45. The summed E-state index contributed by atoms with van der Waals surface area (Å²) in [5.74, 6) is 0.677. The smallest absolute Gasteiger partial charge is 0.255 e. The minimum absolute atomic E-state index is 0.0202. The van der Waals surface area contributed by atoms with Crippen molar-refractivity contribution in [2.45, 2.75) is 78.8 Å². The molecule has 0 aromatic carbocycles. The topological polar surface area (TPSA) is 57.8 Å². The summed E-state index contributed by atoms with van der Waals surface area (Å²) >= 11 is 0. The molecule has 2 unspecified atom stereocenters. The number of unbranched alkanes of at least 4 members (excludes halogenated alkanes) is 3. The maximum Gasteiger partial charge on any atom is 0.255 e. The molecule has 114 valence electrons. The van der Waals surface area contributed by atoms with Crippen LogP contribution < -0.4 is 10.9 Å². The fraction of sp³-hybridized carbons (Fsp3) is 0.750. The van der Waals surface area contributed by atoms with E-state index in [0.29, 0.717) is 11.9 Å². The zero-order valence-electron chi connectivity index (χ0n) is 13.5. The van der Waals surface area contributed by atoms with E-state index in [4.69, 9.17) is 0 Å². The Kier molecular flexibility index (Phi) is 6.93. The van der Waals surface area contributed by atoms with E-state index in [9.17, 15) is 4.79 Å². The van der Waals surface area contributed by atoms with Crippen molar-refractivity contribution < 1.29 is 0 Å². The molecule has 1 heterocycles. The van der Waals surface area contributed by atoms with Gasteiger partial charge in [-0.3, -0.25) is 4.79 Å². The highest BCUT2D eigenvalue weighted by molar-refractivity contribution is 5.20. The minimum atomic E-state index is -0.0202. The summed E-state index contributed by atoms with van der Waals surface area (Å²) in [6.07, 6.45) is 6.27. The zero-order chi connectivity index (χ0) is 15.1. The van der Waals surface area contributed by atoms with Crippen molar-refractivity contribution in [2.75, 3.05) is 0 Å². The van der Waals surface area contributed by atoms with Crippen LogP contribution in [0.25, 0.3) is 0 Å². The van der Waals surface area contributed by atoms with Gasteiger partial charge in [-0.15, -0.1) is 0 Å². The van der Waals surface area contributed by atoms with E-state index < -0.39 is 0 Å². The van der Waals surface area contributed by atoms with Crippen molar-refractivity contribution in [3.05, 3.63) is 27.4 Å². The molecule has 20 heavy (non-hydrogen) atoms. The van der Waals surface area contributed by atoms with Gasteiger partial charge in [0.25, 0.3) is 5.56 Å². The summed E-state index contributed by atoms with van der Waals surface area (Å²) < 4.78 is 0. The molecular formula is C16H29N3O. The molecule has 0 spiro atoms. The molecule has 0 radical (unpaired) electrons. The van der Waals surface area contributed by atoms with E-state index in [2.05, 4.69) is 29.1 Å². The number of hydrogen-bond donors (Lipinski definition) is 2. The Bertz CT molecular complexity index is 467. The van der Waals surface area contributed by atoms with Crippen molar-refractivity contribution >= 4 is 0 Å². The second-order valence-electron chi connectivity index (χ2n) is 5.79. The molecule has 4 nitrogen and oxygen atoms in total. The first-order valence-electron chi connectivity index (χ1n) is 7.79. The van der Waals surface area contributed by atoms with E-state index in [-0.39, 0.29) is 11.6 Å². The lowest BCUT2D eigenvalue weighted by molar-refractivity contribution is 0.434. The molecule has 0 amide bonds. The molecule has 4 heteroatoms. The Balaban J connectivity index is 2.58. The van der Waals surface area contributed by atoms with E-state index in [0.717, 1.165) is 17.7 Å². The molecule has 0 bridgehead atoms. The summed E-state index contributed by atoms with van der Waals surface area (Å²) in [4.78, 5) is 19.2. The average molecular weight is 279 g/mol. The lowest BCUT2D eigenvalue weighted by atomic mass is 10.0. The lowest BCUT2D eigenvalue weighted by Gasteiger charge is -2.21. The molecule has 0 aliphatic rings. The van der Waals surface area contributed by atoms with Crippen LogP contribution in [0.5, 0.6) is 0 Å². The van der Waals surface area contributed by atoms with Gasteiger partial charge in [-0.05, 0) is 34.1 Å². The van der Waals surface area contributed by atoms with Gasteiger partial charge in [0, 0.05) is 17.8 Å². The molecule has 0 fully saturated rings. The molecule has 2 N–H and O–H groups in total. The second kappa shape index (κ2) is 8.20. The van der Waals surface area contributed by atoms with Crippen molar-refractivity contribution in [3.8, 4) is 0 Å². The number of rotatable bonds is 8. The standard InChI is InChI=1S/C16H29N3O/c1-6-7-8-9-10-11(2)17-12(3)15-13(4)18-14(5)19-16(15)20/h11-12,17H,6-10H2,1-5H3,(H,18,19,20). The Labute approximate surface area is 122 Å². The maximum atomic E-state index is 12.0. The van der Waals surface area contributed by atoms with Crippen LogP contribution in [0.1, 0.15) is 76.0 Å². The molecular weight excluding hydrogens is 250 g/mol. The monoisotopic (exact) mass is 279 g/mol. The SMILES string of the molecule is CCCCCCC(C)NC(C)c1c(C)nc(C)[nH]c1=O. The van der Waals surface area contributed by atoms with Gasteiger partial charge in [0.1, 0.15) is 5.82 Å². The number of H-pyrrole nitrogens is 1. The van der Waals surface area contributed by atoms with Crippen LogP contribution in [0.4, 0.5) is 0 Å². The third-order valence-corrected chi connectivity index (χ3v) is 3.72. The van der Waals surface area contributed by atoms with Crippen molar-refractivity contribution in [1.29, 1.82) is 0 Å². The summed E-state index contributed by atoms with van der Waals surface area (Å²) in [7, 11) is 0. The number of aromatic amines is 1. The third-order valence-electron chi connectivity index (χ3n) is 3.72. The maximum absolute atomic E-state index is 12.0. The molecule has 0 aliphatic carbocycles.